The fourth-order valence-electron chi connectivity index (χ4n) is 2.31. The van der Waals surface area contributed by atoms with E-state index in [4.69, 9.17) is 4.74 Å². The summed E-state index contributed by atoms with van der Waals surface area (Å²) < 4.78 is 5.17. The fraction of sp³-hybridized carbons (Fsp3) is 0.842. The third-order valence-corrected chi connectivity index (χ3v) is 3.72. The van der Waals surface area contributed by atoms with Crippen molar-refractivity contribution in [2.24, 2.45) is 0 Å². The van der Waals surface area contributed by atoms with Crippen molar-refractivity contribution in [3.63, 3.8) is 0 Å². The molecule has 0 radical (unpaired) electrons. The third kappa shape index (κ3) is 17.2. The van der Waals surface area contributed by atoms with Crippen molar-refractivity contribution in [2.75, 3.05) is 6.61 Å². The van der Waals surface area contributed by atoms with Gasteiger partial charge >= 0.3 is 5.97 Å². The molecule has 0 amide bonds. The highest BCUT2D eigenvalue weighted by atomic mass is 16.5. The lowest BCUT2D eigenvalue weighted by Crippen LogP contribution is -2.02. The third-order valence-electron chi connectivity index (χ3n) is 3.72. The molecule has 0 atom stereocenters. The van der Waals surface area contributed by atoms with Gasteiger partial charge in [-0.3, -0.25) is 0 Å². The molecule has 0 aromatic rings. The van der Waals surface area contributed by atoms with E-state index in [9.17, 15) is 4.79 Å². The van der Waals surface area contributed by atoms with Crippen molar-refractivity contribution in [3.8, 4) is 0 Å². The van der Waals surface area contributed by atoms with Crippen LogP contribution in [0.5, 0.6) is 0 Å². The summed E-state index contributed by atoms with van der Waals surface area (Å²) in [6, 6.07) is 0. The molecule has 0 bridgehead atoms. The Morgan fingerprint density at radius 3 is 1.86 bits per heavy atom. The zero-order valence-electron chi connectivity index (χ0n) is 14.4. The SMILES string of the molecule is CCCC/C=C/C(=O)OCCCCCCCCCCCC. The summed E-state index contributed by atoms with van der Waals surface area (Å²) in [5.74, 6) is -0.179. The molecule has 2 heteroatoms. The molecule has 0 saturated heterocycles. The maximum absolute atomic E-state index is 11.4. The topological polar surface area (TPSA) is 26.3 Å². The number of allylic oxidation sites excluding steroid dienone is 1. The number of unbranched alkanes of at least 4 members (excludes halogenated alkanes) is 11. The molecule has 2 nitrogen and oxygen atoms in total. The van der Waals surface area contributed by atoms with Gasteiger partial charge in [0.15, 0.2) is 0 Å². The number of ether oxygens (including phenoxy) is 1. The first-order chi connectivity index (χ1) is 10.3. The predicted molar refractivity (Wildman–Crippen MR) is 91.5 cm³/mol. The van der Waals surface area contributed by atoms with Gasteiger partial charge in [-0.15, -0.1) is 0 Å². The Morgan fingerprint density at radius 2 is 1.29 bits per heavy atom. The second-order valence-electron chi connectivity index (χ2n) is 5.89. The Bertz CT molecular complexity index is 246. The van der Waals surface area contributed by atoms with E-state index in [1.54, 1.807) is 6.08 Å². The maximum Gasteiger partial charge on any atom is 0.330 e. The average molecular weight is 296 g/mol. The normalized spacial score (nSPS) is 11.1. The molecule has 0 aromatic heterocycles. The van der Waals surface area contributed by atoms with Crippen LogP contribution in [-0.4, -0.2) is 12.6 Å². The van der Waals surface area contributed by atoms with Crippen molar-refractivity contribution < 1.29 is 9.53 Å². The molecule has 124 valence electrons. The number of carbonyl (C=O) groups excluding carboxylic acids is 1. The van der Waals surface area contributed by atoms with Crippen LogP contribution >= 0.6 is 0 Å². The molecule has 0 aliphatic carbocycles. The quantitative estimate of drug-likeness (QED) is 0.204. The Labute approximate surface area is 132 Å². The van der Waals surface area contributed by atoms with Crippen LogP contribution in [0.15, 0.2) is 12.2 Å². The summed E-state index contributed by atoms with van der Waals surface area (Å²) >= 11 is 0. The Morgan fingerprint density at radius 1 is 0.762 bits per heavy atom. The maximum atomic E-state index is 11.4. The molecule has 0 saturated carbocycles. The average Bonchev–Trinajstić information content (AvgIpc) is 2.49. The molecule has 0 rings (SSSR count). The van der Waals surface area contributed by atoms with Crippen LogP contribution < -0.4 is 0 Å². The summed E-state index contributed by atoms with van der Waals surface area (Å²) in [4.78, 5) is 11.4. The van der Waals surface area contributed by atoms with Gasteiger partial charge in [0, 0.05) is 6.08 Å². The van der Waals surface area contributed by atoms with Crippen LogP contribution in [0.1, 0.15) is 97.3 Å². The summed E-state index contributed by atoms with van der Waals surface area (Å²) in [6.45, 7) is 4.98. The number of rotatable bonds is 15. The molecule has 21 heavy (non-hydrogen) atoms. The lowest BCUT2D eigenvalue weighted by atomic mass is 10.1. The smallest absolute Gasteiger partial charge is 0.330 e. The van der Waals surface area contributed by atoms with Gasteiger partial charge in [-0.1, -0.05) is 90.6 Å². The fourth-order valence-corrected chi connectivity index (χ4v) is 2.31. The van der Waals surface area contributed by atoms with Crippen molar-refractivity contribution in [3.05, 3.63) is 12.2 Å². The molecule has 0 unspecified atom stereocenters. The highest BCUT2D eigenvalue weighted by Gasteiger charge is 1.97. The summed E-state index contributed by atoms with van der Waals surface area (Å²) in [5, 5.41) is 0. The van der Waals surface area contributed by atoms with E-state index in [2.05, 4.69) is 13.8 Å². The summed E-state index contributed by atoms with van der Waals surface area (Å²) in [7, 11) is 0. The van der Waals surface area contributed by atoms with E-state index in [-0.39, 0.29) is 5.97 Å². The van der Waals surface area contributed by atoms with Crippen molar-refractivity contribution >= 4 is 5.97 Å². The van der Waals surface area contributed by atoms with Crippen LogP contribution in [0, 0.1) is 0 Å². The minimum Gasteiger partial charge on any atom is -0.463 e. The van der Waals surface area contributed by atoms with E-state index >= 15 is 0 Å². The van der Waals surface area contributed by atoms with Gasteiger partial charge < -0.3 is 4.74 Å². The highest BCUT2D eigenvalue weighted by Crippen LogP contribution is 2.10. The molecule has 0 fully saturated rings. The number of hydrogen-bond acceptors (Lipinski definition) is 2. The molecule has 0 aliphatic heterocycles. The van der Waals surface area contributed by atoms with Gasteiger partial charge in [0.1, 0.15) is 0 Å². The summed E-state index contributed by atoms with van der Waals surface area (Å²) in [6.07, 6.45) is 19.8. The molecule has 0 aliphatic rings. The van der Waals surface area contributed by atoms with Crippen molar-refractivity contribution in [1.82, 2.24) is 0 Å². The standard InChI is InChI=1S/C19H36O2/c1-3-5-7-9-10-11-12-13-14-16-18-21-19(20)17-15-8-6-4-2/h15,17H,3-14,16,18H2,1-2H3/b17-15+. The Kier molecular flexibility index (Phi) is 16.6. The molecular weight excluding hydrogens is 260 g/mol. The van der Waals surface area contributed by atoms with Crippen LogP contribution in [0.3, 0.4) is 0 Å². The van der Waals surface area contributed by atoms with E-state index in [0.717, 1.165) is 25.7 Å². The highest BCUT2D eigenvalue weighted by molar-refractivity contribution is 5.81. The molecule has 0 spiro atoms. The zero-order valence-corrected chi connectivity index (χ0v) is 14.4. The van der Waals surface area contributed by atoms with Gasteiger partial charge in [0.25, 0.3) is 0 Å². The van der Waals surface area contributed by atoms with Crippen molar-refractivity contribution in [2.45, 2.75) is 97.3 Å². The van der Waals surface area contributed by atoms with E-state index < -0.39 is 0 Å². The molecular formula is C19H36O2. The van der Waals surface area contributed by atoms with Crippen molar-refractivity contribution in [1.29, 1.82) is 0 Å². The van der Waals surface area contributed by atoms with E-state index in [0.29, 0.717) is 6.61 Å². The number of hydrogen-bond donors (Lipinski definition) is 0. The Hall–Kier alpha value is -0.790. The first-order valence-corrected chi connectivity index (χ1v) is 9.14. The Balaban J connectivity index is 3.17. The summed E-state index contributed by atoms with van der Waals surface area (Å²) in [5.41, 5.74) is 0. The molecule has 0 N–H and O–H groups in total. The molecule has 0 heterocycles. The van der Waals surface area contributed by atoms with Gasteiger partial charge in [0.2, 0.25) is 0 Å². The zero-order chi connectivity index (χ0) is 15.6. The second kappa shape index (κ2) is 17.3. The monoisotopic (exact) mass is 296 g/mol. The number of esters is 1. The van der Waals surface area contributed by atoms with Crippen LogP contribution in [-0.2, 0) is 9.53 Å². The van der Waals surface area contributed by atoms with E-state index in [1.165, 1.54) is 57.8 Å². The largest absolute Gasteiger partial charge is 0.463 e. The van der Waals surface area contributed by atoms with E-state index in [1.807, 2.05) is 6.08 Å². The number of carbonyl (C=O) groups is 1. The lowest BCUT2D eigenvalue weighted by molar-refractivity contribution is -0.137. The van der Waals surface area contributed by atoms with Gasteiger partial charge in [-0.25, -0.2) is 4.79 Å². The van der Waals surface area contributed by atoms with Gasteiger partial charge in [-0.2, -0.15) is 0 Å². The minimum absolute atomic E-state index is 0.179. The van der Waals surface area contributed by atoms with Gasteiger partial charge in [-0.05, 0) is 12.8 Å². The van der Waals surface area contributed by atoms with Crippen LogP contribution in [0.25, 0.3) is 0 Å². The first-order valence-electron chi connectivity index (χ1n) is 9.14. The predicted octanol–water partition coefficient (Wildman–Crippen LogP) is 6.20. The van der Waals surface area contributed by atoms with Crippen LogP contribution in [0.4, 0.5) is 0 Å². The van der Waals surface area contributed by atoms with Crippen LogP contribution in [0.2, 0.25) is 0 Å². The molecule has 0 aromatic carbocycles. The van der Waals surface area contributed by atoms with Gasteiger partial charge in [0.05, 0.1) is 6.61 Å². The minimum atomic E-state index is -0.179. The lowest BCUT2D eigenvalue weighted by Gasteiger charge is -2.03. The second-order valence-corrected chi connectivity index (χ2v) is 5.89. The first kappa shape index (κ1) is 20.2.